The highest BCUT2D eigenvalue weighted by molar-refractivity contribution is 6.30. The second kappa shape index (κ2) is 5.69. The molecule has 0 fully saturated rings. The fourth-order valence-corrected chi connectivity index (χ4v) is 1.57. The number of alkyl halides is 3. The van der Waals surface area contributed by atoms with Gasteiger partial charge in [-0.15, -0.1) is 0 Å². The minimum atomic E-state index is -4.28. The average molecular weight is 271 g/mol. The smallest absolute Gasteiger partial charge is 0.389 e. The Labute approximate surface area is 101 Å². The van der Waals surface area contributed by atoms with Gasteiger partial charge in [0.05, 0.1) is 11.1 Å². The summed E-state index contributed by atoms with van der Waals surface area (Å²) >= 11 is 5.51. The predicted octanol–water partition coefficient (Wildman–Crippen LogP) is 3.73. The minimum Gasteiger partial charge on any atom is -0.393 e. The van der Waals surface area contributed by atoms with E-state index in [-0.39, 0.29) is 17.9 Å². The Morgan fingerprint density at radius 3 is 2.47 bits per heavy atom. The van der Waals surface area contributed by atoms with Crippen LogP contribution in [0.3, 0.4) is 0 Å². The Kier molecular flexibility index (Phi) is 4.77. The van der Waals surface area contributed by atoms with Crippen molar-refractivity contribution in [3.8, 4) is 0 Å². The molecule has 0 saturated heterocycles. The summed E-state index contributed by atoms with van der Waals surface area (Å²) in [5.41, 5.74) is 0.506. The summed E-state index contributed by atoms with van der Waals surface area (Å²) < 4.78 is 48.5. The maximum atomic E-state index is 12.8. The molecule has 1 nitrogen and oxygen atoms in total. The average Bonchev–Trinajstić information content (AvgIpc) is 2.20. The van der Waals surface area contributed by atoms with E-state index < -0.39 is 24.5 Å². The molecule has 1 rings (SSSR count). The second-order valence-corrected chi connectivity index (χ2v) is 4.17. The Balaban J connectivity index is 2.50. The first-order chi connectivity index (χ1) is 7.78. The van der Waals surface area contributed by atoms with Gasteiger partial charge in [0, 0.05) is 6.42 Å². The fourth-order valence-electron chi connectivity index (χ4n) is 1.37. The van der Waals surface area contributed by atoms with Crippen LogP contribution in [0.4, 0.5) is 17.6 Å². The molecule has 0 spiro atoms. The van der Waals surface area contributed by atoms with Crippen LogP contribution in [-0.2, 0) is 6.42 Å². The van der Waals surface area contributed by atoms with E-state index in [2.05, 4.69) is 0 Å². The van der Waals surface area contributed by atoms with E-state index in [0.717, 1.165) is 6.07 Å². The van der Waals surface area contributed by atoms with Gasteiger partial charge in [-0.05, 0) is 30.5 Å². The monoisotopic (exact) mass is 270 g/mol. The first kappa shape index (κ1) is 14.3. The molecule has 0 saturated carbocycles. The van der Waals surface area contributed by atoms with Gasteiger partial charge in [-0.25, -0.2) is 4.39 Å². The first-order valence-corrected chi connectivity index (χ1v) is 5.34. The van der Waals surface area contributed by atoms with Gasteiger partial charge in [-0.1, -0.05) is 17.7 Å². The van der Waals surface area contributed by atoms with Crippen molar-refractivity contribution in [2.75, 3.05) is 0 Å². The highest BCUT2D eigenvalue weighted by Gasteiger charge is 2.27. The van der Waals surface area contributed by atoms with Gasteiger partial charge in [-0.2, -0.15) is 13.2 Å². The lowest BCUT2D eigenvalue weighted by Gasteiger charge is -2.12. The van der Waals surface area contributed by atoms with E-state index in [4.69, 9.17) is 11.6 Å². The number of aliphatic hydroxyl groups excluding tert-OH is 1. The van der Waals surface area contributed by atoms with Gasteiger partial charge in [0.1, 0.15) is 5.82 Å². The summed E-state index contributed by atoms with van der Waals surface area (Å²) in [6, 6.07) is 3.81. The van der Waals surface area contributed by atoms with Crippen LogP contribution in [0.25, 0.3) is 0 Å². The van der Waals surface area contributed by atoms with E-state index in [1.165, 1.54) is 12.1 Å². The van der Waals surface area contributed by atoms with Crippen molar-refractivity contribution < 1.29 is 22.7 Å². The summed E-state index contributed by atoms with van der Waals surface area (Å²) in [5.74, 6) is -0.597. The van der Waals surface area contributed by atoms with Gasteiger partial charge in [0.25, 0.3) is 0 Å². The molecule has 17 heavy (non-hydrogen) atoms. The lowest BCUT2D eigenvalue weighted by molar-refractivity contribution is -0.139. The summed E-state index contributed by atoms with van der Waals surface area (Å²) in [7, 11) is 0. The van der Waals surface area contributed by atoms with E-state index in [0.29, 0.717) is 5.56 Å². The topological polar surface area (TPSA) is 20.2 Å². The van der Waals surface area contributed by atoms with Crippen molar-refractivity contribution in [1.29, 1.82) is 0 Å². The van der Waals surface area contributed by atoms with Gasteiger partial charge in [-0.3, -0.25) is 0 Å². The van der Waals surface area contributed by atoms with E-state index in [1.54, 1.807) is 0 Å². The summed E-state index contributed by atoms with van der Waals surface area (Å²) in [4.78, 5) is 0. The van der Waals surface area contributed by atoms with Crippen LogP contribution in [0, 0.1) is 5.82 Å². The molecule has 0 aliphatic rings. The summed E-state index contributed by atoms with van der Waals surface area (Å²) in [5, 5.41) is 9.28. The van der Waals surface area contributed by atoms with Gasteiger partial charge in [0.2, 0.25) is 0 Å². The molecule has 1 aromatic rings. The molecule has 96 valence electrons. The Hall–Kier alpha value is -0.810. The van der Waals surface area contributed by atoms with Gasteiger partial charge >= 0.3 is 6.18 Å². The van der Waals surface area contributed by atoms with Crippen molar-refractivity contribution in [3.05, 3.63) is 34.6 Å². The lowest BCUT2D eigenvalue weighted by atomic mass is 10.0. The van der Waals surface area contributed by atoms with E-state index in [9.17, 15) is 22.7 Å². The quantitative estimate of drug-likeness (QED) is 0.827. The Morgan fingerprint density at radius 2 is 1.94 bits per heavy atom. The zero-order valence-corrected chi connectivity index (χ0v) is 9.52. The summed E-state index contributed by atoms with van der Waals surface area (Å²) in [6.45, 7) is 0. The van der Waals surface area contributed by atoms with Crippen LogP contribution >= 0.6 is 11.6 Å². The number of aliphatic hydroxyl groups is 1. The maximum Gasteiger partial charge on any atom is 0.389 e. The molecule has 0 heterocycles. The molecule has 6 heteroatoms. The molecule has 1 N–H and O–H groups in total. The number of rotatable bonds is 4. The molecule has 0 radical (unpaired) electrons. The minimum absolute atomic E-state index is 0.0239. The molecule has 1 aromatic carbocycles. The van der Waals surface area contributed by atoms with Gasteiger partial charge in [0.15, 0.2) is 0 Å². The zero-order chi connectivity index (χ0) is 13.1. The Bertz CT molecular complexity index is 378. The van der Waals surface area contributed by atoms with Gasteiger partial charge < -0.3 is 5.11 Å². The van der Waals surface area contributed by atoms with E-state index in [1.807, 2.05) is 0 Å². The number of benzene rings is 1. The largest absolute Gasteiger partial charge is 0.393 e. The molecule has 0 bridgehead atoms. The number of hydrogen-bond acceptors (Lipinski definition) is 1. The van der Waals surface area contributed by atoms with E-state index >= 15 is 0 Å². The van der Waals surface area contributed by atoms with Crippen LogP contribution in [0.5, 0.6) is 0 Å². The lowest BCUT2D eigenvalue weighted by Crippen LogP contribution is -2.16. The van der Waals surface area contributed by atoms with Crippen molar-refractivity contribution in [2.24, 2.45) is 0 Å². The molecule has 1 unspecified atom stereocenters. The molecule has 0 aromatic heterocycles. The van der Waals surface area contributed by atoms with Crippen LogP contribution in [-0.4, -0.2) is 17.4 Å². The molecule has 0 amide bonds. The maximum absolute atomic E-state index is 12.8. The van der Waals surface area contributed by atoms with Crippen LogP contribution in [0.1, 0.15) is 18.4 Å². The molecule has 1 atom stereocenters. The fraction of sp³-hybridized carbons (Fsp3) is 0.455. The highest BCUT2D eigenvalue weighted by atomic mass is 35.5. The summed E-state index contributed by atoms with van der Waals surface area (Å²) in [6.07, 6.45) is -6.78. The number of halogens is 5. The van der Waals surface area contributed by atoms with Crippen LogP contribution in [0.2, 0.25) is 5.02 Å². The molecular weight excluding hydrogens is 260 g/mol. The Morgan fingerprint density at radius 1 is 1.29 bits per heavy atom. The zero-order valence-electron chi connectivity index (χ0n) is 8.77. The van der Waals surface area contributed by atoms with Crippen LogP contribution < -0.4 is 0 Å². The molecule has 0 aliphatic carbocycles. The molecule has 0 aliphatic heterocycles. The normalized spacial score (nSPS) is 13.8. The predicted molar refractivity (Wildman–Crippen MR) is 56.4 cm³/mol. The van der Waals surface area contributed by atoms with Crippen LogP contribution in [0.15, 0.2) is 18.2 Å². The molecular formula is C11H11ClF4O. The highest BCUT2D eigenvalue weighted by Crippen LogP contribution is 2.24. The van der Waals surface area contributed by atoms with Crippen molar-refractivity contribution in [1.82, 2.24) is 0 Å². The SMILES string of the molecule is OC(CCC(F)(F)F)Cc1ccc(F)c(Cl)c1. The third kappa shape index (κ3) is 5.37. The second-order valence-electron chi connectivity index (χ2n) is 3.76. The number of hydrogen-bond donors (Lipinski definition) is 1. The van der Waals surface area contributed by atoms with Crippen molar-refractivity contribution in [2.45, 2.75) is 31.5 Å². The first-order valence-electron chi connectivity index (χ1n) is 4.96. The third-order valence-electron chi connectivity index (χ3n) is 2.22. The standard InChI is InChI=1S/C11H11ClF4O/c12-9-6-7(1-2-10(9)13)5-8(17)3-4-11(14,15)16/h1-2,6,8,17H,3-5H2. The van der Waals surface area contributed by atoms with Crippen molar-refractivity contribution in [3.63, 3.8) is 0 Å². The van der Waals surface area contributed by atoms with Crippen molar-refractivity contribution >= 4 is 11.6 Å². The third-order valence-corrected chi connectivity index (χ3v) is 2.51.